The van der Waals surface area contributed by atoms with E-state index in [9.17, 15) is 13.2 Å². The summed E-state index contributed by atoms with van der Waals surface area (Å²) in [7, 11) is -3.22. The van der Waals surface area contributed by atoms with E-state index in [1.807, 2.05) is 6.07 Å². The van der Waals surface area contributed by atoms with Gasteiger partial charge in [-0.2, -0.15) is 4.31 Å². The Kier molecular flexibility index (Phi) is 6.52. The lowest BCUT2D eigenvalue weighted by atomic mass is 9.90. The highest BCUT2D eigenvalue weighted by Crippen LogP contribution is 2.24. The number of carbonyl (C=O) groups excluding carboxylic acids is 1. The molecule has 2 aliphatic rings. The van der Waals surface area contributed by atoms with E-state index in [0.717, 1.165) is 38.2 Å². The van der Waals surface area contributed by atoms with Crippen molar-refractivity contribution in [2.45, 2.75) is 19.3 Å². The van der Waals surface area contributed by atoms with Gasteiger partial charge in [-0.3, -0.25) is 4.79 Å². The molecule has 1 amide bonds. The summed E-state index contributed by atoms with van der Waals surface area (Å²) in [6.45, 7) is 3.23. The Bertz CT molecular complexity index is 982. The van der Waals surface area contributed by atoms with E-state index in [4.69, 9.17) is 0 Å². The SMILES string of the molecule is CS(=O)(=O)N1CCN(C(=O)c2ccc(N3CCC(Cc4ccccc4)CC3)nn2)CC1. The summed E-state index contributed by atoms with van der Waals surface area (Å²) >= 11 is 0. The van der Waals surface area contributed by atoms with E-state index >= 15 is 0 Å². The molecule has 3 heterocycles. The van der Waals surface area contributed by atoms with Crippen LogP contribution in [0.4, 0.5) is 5.82 Å². The molecule has 2 saturated heterocycles. The highest BCUT2D eigenvalue weighted by molar-refractivity contribution is 7.88. The molecule has 2 aliphatic heterocycles. The number of benzene rings is 1. The van der Waals surface area contributed by atoms with Gasteiger partial charge in [0.15, 0.2) is 11.5 Å². The lowest BCUT2D eigenvalue weighted by Crippen LogP contribution is -2.50. The molecule has 0 radical (unpaired) electrons. The third-order valence-electron chi connectivity index (χ3n) is 6.17. The molecule has 31 heavy (non-hydrogen) atoms. The Morgan fingerprint density at radius 3 is 2.19 bits per heavy atom. The van der Waals surface area contributed by atoms with Crippen molar-refractivity contribution >= 4 is 21.7 Å². The molecule has 0 spiro atoms. The fraction of sp³-hybridized carbons (Fsp3) is 0.500. The van der Waals surface area contributed by atoms with E-state index in [-0.39, 0.29) is 5.91 Å². The topological polar surface area (TPSA) is 86.7 Å². The van der Waals surface area contributed by atoms with Gasteiger partial charge in [0, 0.05) is 39.3 Å². The Balaban J connectivity index is 1.29. The van der Waals surface area contributed by atoms with Crippen LogP contribution in [0, 0.1) is 5.92 Å². The molecular formula is C22H29N5O3S. The third kappa shape index (κ3) is 5.40. The van der Waals surface area contributed by atoms with Crippen LogP contribution in [0.2, 0.25) is 0 Å². The first kappa shape index (κ1) is 21.7. The Morgan fingerprint density at radius 1 is 0.935 bits per heavy atom. The summed E-state index contributed by atoms with van der Waals surface area (Å²) in [6.07, 6.45) is 4.53. The van der Waals surface area contributed by atoms with E-state index in [1.165, 1.54) is 16.1 Å². The summed E-state index contributed by atoms with van der Waals surface area (Å²) in [6, 6.07) is 14.2. The van der Waals surface area contributed by atoms with Gasteiger partial charge in [-0.25, -0.2) is 8.42 Å². The molecule has 0 saturated carbocycles. The smallest absolute Gasteiger partial charge is 0.274 e. The molecule has 2 fully saturated rings. The van der Waals surface area contributed by atoms with E-state index in [2.05, 4.69) is 45.4 Å². The van der Waals surface area contributed by atoms with Crippen molar-refractivity contribution in [3.8, 4) is 0 Å². The van der Waals surface area contributed by atoms with Gasteiger partial charge in [0.05, 0.1) is 6.26 Å². The van der Waals surface area contributed by atoms with Crippen LogP contribution in [0.25, 0.3) is 0 Å². The van der Waals surface area contributed by atoms with Crippen molar-refractivity contribution in [1.82, 2.24) is 19.4 Å². The van der Waals surface area contributed by atoms with Gasteiger partial charge in [0.25, 0.3) is 5.91 Å². The summed E-state index contributed by atoms with van der Waals surface area (Å²) in [4.78, 5) is 16.6. The van der Waals surface area contributed by atoms with Gasteiger partial charge in [0.1, 0.15) is 0 Å². The number of sulfonamides is 1. The van der Waals surface area contributed by atoms with E-state index in [0.29, 0.717) is 37.8 Å². The maximum Gasteiger partial charge on any atom is 0.274 e. The van der Waals surface area contributed by atoms with Crippen molar-refractivity contribution in [2.75, 3.05) is 50.4 Å². The van der Waals surface area contributed by atoms with Crippen molar-refractivity contribution in [3.63, 3.8) is 0 Å². The Hall–Kier alpha value is -2.52. The van der Waals surface area contributed by atoms with Crippen LogP contribution >= 0.6 is 0 Å². The Labute approximate surface area is 183 Å². The predicted molar refractivity (Wildman–Crippen MR) is 119 cm³/mol. The first-order valence-corrected chi connectivity index (χ1v) is 12.6. The zero-order chi connectivity index (χ0) is 21.8. The first-order valence-electron chi connectivity index (χ1n) is 10.8. The average molecular weight is 444 g/mol. The number of hydrogen-bond donors (Lipinski definition) is 0. The molecule has 9 heteroatoms. The van der Waals surface area contributed by atoms with Crippen LogP contribution in [0.3, 0.4) is 0 Å². The van der Waals surface area contributed by atoms with Gasteiger partial charge in [-0.05, 0) is 42.9 Å². The van der Waals surface area contributed by atoms with Gasteiger partial charge >= 0.3 is 0 Å². The van der Waals surface area contributed by atoms with Crippen LogP contribution in [-0.4, -0.2) is 79.3 Å². The van der Waals surface area contributed by atoms with Crippen molar-refractivity contribution in [3.05, 3.63) is 53.7 Å². The minimum atomic E-state index is -3.22. The number of hydrogen-bond acceptors (Lipinski definition) is 6. The molecule has 166 valence electrons. The van der Waals surface area contributed by atoms with Gasteiger partial charge < -0.3 is 9.80 Å². The van der Waals surface area contributed by atoms with Crippen molar-refractivity contribution in [2.24, 2.45) is 5.92 Å². The number of piperazine rings is 1. The summed E-state index contributed by atoms with van der Waals surface area (Å²) in [5.41, 5.74) is 1.69. The van der Waals surface area contributed by atoms with Crippen molar-refractivity contribution in [1.29, 1.82) is 0 Å². The number of anilines is 1. The molecule has 0 bridgehead atoms. The monoisotopic (exact) mass is 443 g/mol. The van der Waals surface area contributed by atoms with Crippen LogP contribution in [-0.2, 0) is 16.4 Å². The quantitative estimate of drug-likeness (QED) is 0.699. The maximum absolute atomic E-state index is 12.7. The molecule has 8 nitrogen and oxygen atoms in total. The second-order valence-corrected chi connectivity index (χ2v) is 10.3. The molecule has 1 aromatic heterocycles. The van der Waals surface area contributed by atoms with Gasteiger partial charge in [0.2, 0.25) is 10.0 Å². The van der Waals surface area contributed by atoms with Crippen LogP contribution in [0.5, 0.6) is 0 Å². The largest absolute Gasteiger partial charge is 0.355 e. The predicted octanol–water partition coefficient (Wildman–Crippen LogP) is 1.65. The highest BCUT2D eigenvalue weighted by Gasteiger charge is 2.27. The number of aromatic nitrogens is 2. The fourth-order valence-corrected chi connectivity index (χ4v) is 5.13. The van der Waals surface area contributed by atoms with Gasteiger partial charge in [-0.1, -0.05) is 30.3 Å². The summed E-state index contributed by atoms with van der Waals surface area (Å²) < 4.78 is 24.7. The molecular weight excluding hydrogens is 414 g/mol. The first-order chi connectivity index (χ1) is 14.9. The molecule has 0 atom stereocenters. The highest BCUT2D eigenvalue weighted by atomic mass is 32.2. The standard InChI is InChI=1S/C22H29N5O3S/c1-31(29,30)27-15-13-26(14-16-27)22(28)20-7-8-21(24-23-20)25-11-9-19(10-12-25)17-18-5-3-2-4-6-18/h2-8,19H,9-17H2,1H3. The second kappa shape index (κ2) is 9.32. The minimum Gasteiger partial charge on any atom is -0.355 e. The van der Waals surface area contributed by atoms with Crippen LogP contribution in [0.15, 0.2) is 42.5 Å². The lowest BCUT2D eigenvalue weighted by Gasteiger charge is -2.33. The summed E-state index contributed by atoms with van der Waals surface area (Å²) in [5, 5.41) is 8.47. The Morgan fingerprint density at radius 2 is 1.61 bits per heavy atom. The van der Waals surface area contributed by atoms with Crippen molar-refractivity contribution < 1.29 is 13.2 Å². The number of carbonyl (C=O) groups is 1. The van der Waals surface area contributed by atoms with Crippen LogP contribution < -0.4 is 4.90 Å². The maximum atomic E-state index is 12.7. The molecule has 2 aromatic rings. The number of piperidine rings is 1. The average Bonchev–Trinajstić information content (AvgIpc) is 2.79. The summed E-state index contributed by atoms with van der Waals surface area (Å²) in [5.74, 6) is 1.28. The lowest BCUT2D eigenvalue weighted by molar-refractivity contribution is 0.0691. The third-order valence-corrected chi connectivity index (χ3v) is 7.47. The molecule has 0 N–H and O–H groups in total. The number of rotatable bonds is 5. The molecule has 0 unspecified atom stereocenters. The second-order valence-electron chi connectivity index (χ2n) is 8.35. The zero-order valence-electron chi connectivity index (χ0n) is 17.9. The van der Waals surface area contributed by atoms with Gasteiger partial charge in [-0.15, -0.1) is 10.2 Å². The number of amides is 1. The zero-order valence-corrected chi connectivity index (χ0v) is 18.7. The van der Waals surface area contributed by atoms with E-state index in [1.54, 1.807) is 11.0 Å². The molecule has 1 aromatic carbocycles. The van der Waals surface area contributed by atoms with Crippen LogP contribution in [0.1, 0.15) is 28.9 Å². The number of nitrogens with zero attached hydrogens (tertiary/aromatic N) is 5. The molecule has 4 rings (SSSR count). The fourth-order valence-electron chi connectivity index (χ4n) is 4.31. The molecule has 0 aliphatic carbocycles. The minimum absolute atomic E-state index is 0.200. The van der Waals surface area contributed by atoms with E-state index < -0.39 is 10.0 Å². The normalized spacial score (nSPS) is 18.9.